The van der Waals surface area contributed by atoms with Crippen molar-refractivity contribution in [3.63, 3.8) is 0 Å². The van der Waals surface area contributed by atoms with Gasteiger partial charge in [-0.05, 0) is 31.8 Å². The van der Waals surface area contributed by atoms with Crippen LogP contribution < -0.4 is 14.8 Å². The number of methoxy groups -OCH3 is 2. The van der Waals surface area contributed by atoms with Gasteiger partial charge in [-0.2, -0.15) is 0 Å². The number of urea groups is 1. The second-order valence-corrected chi connectivity index (χ2v) is 6.98. The van der Waals surface area contributed by atoms with Crippen molar-refractivity contribution in [3.05, 3.63) is 35.0 Å². The quantitative estimate of drug-likeness (QED) is 0.806. The number of likely N-dealkylation sites (N-methyl/N-ethyl adjacent to an activating group) is 2. The fourth-order valence-corrected chi connectivity index (χ4v) is 3.37. The van der Waals surface area contributed by atoms with Crippen LogP contribution >= 0.6 is 0 Å². The number of carbonyl (C=O) groups excluding carboxylic acids is 2. The third kappa shape index (κ3) is 3.57. The van der Waals surface area contributed by atoms with E-state index in [-0.39, 0.29) is 11.9 Å². The second-order valence-electron chi connectivity index (χ2n) is 6.98. The average molecular weight is 374 g/mol. The monoisotopic (exact) mass is 374 g/mol. The Hall–Kier alpha value is -2.74. The van der Waals surface area contributed by atoms with E-state index in [1.807, 2.05) is 31.1 Å². The van der Waals surface area contributed by atoms with E-state index in [9.17, 15) is 9.59 Å². The Bertz CT molecular complexity index is 768. The molecule has 27 heavy (non-hydrogen) atoms. The molecule has 0 aromatic heterocycles. The minimum atomic E-state index is -0.537. The zero-order chi connectivity index (χ0) is 19.7. The Kier molecular flexibility index (Phi) is 5.27. The van der Waals surface area contributed by atoms with Gasteiger partial charge in [-0.15, -0.1) is 0 Å². The normalized spacial score (nSPS) is 19.6. The molecule has 0 bridgehead atoms. The van der Waals surface area contributed by atoms with Gasteiger partial charge in [0.1, 0.15) is 11.5 Å². The van der Waals surface area contributed by atoms with Crippen molar-refractivity contribution in [2.24, 2.45) is 0 Å². The lowest BCUT2D eigenvalue weighted by molar-refractivity contribution is -0.125. The number of nitrogens with one attached hydrogen (secondary N) is 1. The summed E-state index contributed by atoms with van der Waals surface area (Å²) in [4.78, 5) is 30.9. The van der Waals surface area contributed by atoms with Crippen LogP contribution in [0.1, 0.15) is 11.6 Å². The topological polar surface area (TPSA) is 74.3 Å². The van der Waals surface area contributed by atoms with E-state index in [1.165, 1.54) is 4.90 Å². The third-order valence-corrected chi connectivity index (χ3v) is 4.96. The molecular formula is C19H26N4O4. The maximum Gasteiger partial charge on any atom is 0.322 e. The van der Waals surface area contributed by atoms with Crippen molar-refractivity contribution >= 4 is 11.9 Å². The molecule has 8 nitrogen and oxygen atoms in total. The molecule has 1 N–H and O–H groups in total. The molecule has 3 amide bonds. The summed E-state index contributed by atoms with van der Waals surface area (Å²) >= 11 is 0. The lowest BCUT2D eigenvalue weighted by Gasteiger charge is -2.31. The molecule has 0 fully saturated rings. The van der Waals surface area contributed by atoms with Gasteiger partial charge in [0.25, 0.3) is 5.91 Å². The van der Waals surface area contributed by atoms with Crippen molar-refractivity contribution in [2.45, 2.75) is 6.04 Å². The number of benzene rings is 1. The van der Waals surface area contributed by atoms with Crippen LogP contribution in [-0.2, 0) is 4.79 Å². The zero-order valence-electron chi connectivity index (χ0n) is 16.4. The number of ether oxygens (including phenoxy) is 2. The third-order valence-electron chi connectivity index (χ3n) is 4.96. The predicted molar refractivity (Wildman–Crippen MR) is 101 cm³/mol. The summed E-state index contributed by atoms with van der Waals surface area (Å²) in [5, 5.41) is 2.93. The van der Waals surface area contributed by atoms with Gasteiger partial charge in [-0.25, -0.2) is 4.79 Å². The molecule has 3 rings (SSSR count). The Morgan fingerprint density at radius 2 is 1.78 bits per heavy atom. The Morgan fingerprint density at radius 3 is 2.33 bits per heavy atom. The van der Waals surface area contributed by atoms with Crippen LogP contribution in [-0.4, -0.2) is 81.6 Å². The molecule has 1 aromatic rings. The van der Waals surface area contributed by atoms with Gasteiger partial charge in [-0.3, -0.25) is 9.69 Å². The van der Waals surface area contributed by atoms with Gasteiger partial charge in [-0.1, -0.05) is 0 Å². The summed E-state index contributed by atoms with van der Waals surface area (Å²) in [6.45, 7) is 1.80. The summed E-state index contributed by atoms with van der Waals surface area (Å²) in [5.41, 5.74) is 2.10. The van der Waals surface area contributed by atoms with Gasteiger partial charge in [0.15, 0.2) is 0 Å². The molecule has 2 aliphatic rings. The van der Waals surface area contributed by atoms with E-state index in [1.54, 1.807) is 32.2 Å². The number of hydrogen-bond donors (Lipinski definition) is 1. The molecule has 0 saturated heterocycles. The molecule has 2 aliphatic heterocycles. The van der Waals surface area contributed by atoms with Gasteiger partial charge in [0.2, 0.25) is 0 Å². The number of nitrogens with zero attached hydrogens (tertiary/aromatic N) is 3. The molecular weight excluding hydrogens is 348 g/mol. The SMILES string of the molecule is COc1cc(OC)cc([C@@H]2NC(=O)N(C)C3=C2C(=O)N(CCN(C)C)C3)c1. The van der Waals surface area contributed by atoms with Gasteiger partial charge < -0.3 is 24.6 Å². The van der Waals surface area contributed by atoms with Gasteiger partial charge >= 0.3 is 6.03 Å². The summed E-state index contributed by atoms with van der Waals surface area (Å²) in [6.07, 6.45) is 0. The molecule has 8 heteroatoms. The summed E-state index contributed by atoms with van der Waals surface area (Å²) in [7, 11) is 8.77. The van der Waals surface area contributed by atoms with Crippen molar-refractivity contribution in [1.29, 1.82) is 0 Å². The van der Waals surface area contributed by atoms with E-state index in [4.69, 9.17) is 9.47 Å². The number of amides is 3. The van der Waals surface area contributed by atoms with Gasteiger partial charge in [0.05, 0.1) is 38.1 Å². The smallest absolute Gasteiger partial charge is 0.322 e. The minimum absolute atomic E-state index is 0.0505. The number of hydrogen-bond acceptors (Lipinski definition) is 5. The highest BCUT2D eigenvalue weighted by atomic mass is 16.5. The molecule has 0 radical (unpaired) electrons. The largest absolute Gasteiger partial charge is 0.497 e. The summed E-state index contributed by atoms with van der Waals surface area (Å²) < 4.78 is 10.7. The molecule has 0 saturated carbocycles. The standard InChI is InChI=1S/C19H26N4O4/c1-21(2)6-7-23-11-15-16(18(23)24)17(20-19(25)22(15)3)12-8-13(26-4)10-14(9-12)27-5/h8-10,17H,6-7,11H2,1-5H3,(H,20,25)/t17-/m0/s1. The highest BCUT2D eigenvalue weighted by Gasteiger charge is 2.42. The molecule has 1 aromatic carbocycles. The minimum Gasteiger partial charge on any atom is -0.497 e. The van der Waals surface area contributed by atoms with Crippen molar-refractivity contribution < 1.29 is 19.1 Å². The van der Waals surface area contributed by atoms with Crippen LogP contribution in [0.5, 0.6) is 11.5 Å². The van der Waals surface area contributed by atoms with E-state index in [0.29, 0.717) is 30.2 Å². The molecule has 2 heterocycles. The fourth-order valence-electron chi connectivity index (χ4n) is 3.37. The zero-order valence-corrected chi connectivity index (χ0v) is 16.4. The Balaban J connectivity index is 1.99. The highest BCUT2D eigenvalue weighted by Crippen LogP contribution is 2.37. The van der Waals surface area contributed by atoms with Crippen molar-refractivity contribution in [2.75, 3.05) is 55.0 Å². The lowest BCUT2D eigenvalue weighted by Crippen LogP contribution is -2.45. The first-order valence-corrected chi connectivity index (χ1v) is 8.80. The van der Waals surface area contributed by atoms with Gasteiger partial charge in [0, 0.05) is 26.2 Å². The number of rotatable bonds is 6. The molecule has 1 atom stereocenters. The van der Waals surface area contributed by atoms with Crippen LogP contribution in [0.3, 0.4) is 0 Å². The Morgan fingerprint density at radius 1 is 1.15 bits per heavy atom. The Labute approximate surface area is 159 Å². The molecule has 146 valence electrons. The van der Waals surface area contributed by atoms with Crippen LogP contribution in [0.4, 0.5) is 4.79 Å². The maximum absolute atomic E-state index is 13.1. The summed E-state index contributed by atoms with van der Waals surface area (Å²) in [5.74, 6) is 1.16. The lowest BCUT2D eigenvalue weighted by atomic mass is 9.95. The first-order valence-electron chi connectivity index (χ1n) is 8.80. The first kappa shape index (κ1) is 19.0. The van der Waals surface area contributed by atoms with Crippen LogP contribution in [0, 0.1) is 0 Å². The number of carbonyl (C=O) groups is 2. The predicted octanol–water partition coefficient (Wildman–Crippen LogP) is 1.06. The summed E-state index contributed by atoms with van der Waals surface area (Å²) in [6, 6.07) is 4.63. The van der Waals surface area contributed by atoms with Crippen LogP contribution in [0.25, 0.3) is 0 Å². The maximum atomic E-state index is 13.1. The molecule has 0 aliphatic carbocycles. The highest BCUT2D eigenvalue weighted by molar-refractivity contribution is 6.01. The van der Waals surface area contributed by atoms with Crippen LogP contribution in [0.15, 0.2) is 29.5 Å². The second kappa shape index (κ2) is 7.48. The first-order chi connectivity index (χ1) is 12.8. The van der Waals surface area contributed by atoms with Crippen LogP contribution in [0.2, 0.25) is 0 Å². The van der Waals surface area contributed by atoms with E-state index >= 15 is 0 Å². The van der Waals surface area contributed by atoms with Crippen molar-refractivity contribution in [3.8, 4) is 11.5 Å². The van der Waals surface area contributed by atoms with Crippen molar-refractivity contribution in [1.82, 2.24) is 20.0 Å². The van der Waals surface area contributed by atoms with E-state index in [0.717, 1.165) is 17.8 Å². The fraction of sp³-hybridized carbons (Fsp3) is 0.474. The van der Waals surface area contributed by atoms with E-state index < -0.39 is 6.04 Å². The average Bonchev–Trinajstić information content (AvgIpc) is 2.99. The molecule has 0 unspecified atom stereocenters. The van der Waals surface area contributed by atoms with E-state index in [2.05, 4.69) is 5.32 Å². The molecule has 0 spiro atoms.